The van der Waals surface area contributed by atoms with Gasteiger partial charge in [-0.3, -0.25) is 4.31 Å². The van der Waals surface area contributed by atoms with Crippen LogP contribution in [-0.4, -0.2) is 37.5 Å². The summed E-state index contributed by atoms with van der Waals surface area (Å²) in [4.78, 5) is 0. The summed E-state index contributed by atoms with van der Waals surface area (Å²) in [6, 6.07) is 6.42. The first-order chi connectivity index (χ1) is 9.41. The van der Waals surface area contributed by atoms with Crippen molar-refractivity contribution in [3.05, 3.63) is 24.3 Å². The van der Waals surface area contributed by atoms with E-state index in [2.05, 4.69) is 0 Å². The van der Waals surface area contributed by atoms with Crippen molar-refractivity contribution in [3.63, 3.8) is 0 Å². The van der Waals surface area contributed by atoms with Gasteiger partial charge < -0.3 is 5.11 Å². The highest BCUT2D eigenvalue weighted by Crippen LogP contribution is 2.27. The third-order valence-electron chi connectivity index (χ3n) is 3.32. The van der Waals surface area contributed by atoms with Crippen LogP contribution in [0.5, 0.6) is 5.75 Å². The number of phenolic OH excluding ortho intramolecular Hbond substituents is 1. The molecular weight excluding hydrogens is 276 g/mol. The Balaban J connectivity index is 2.36. The third-order valence-corrected chi connectivity index (χ3v) is 5.25. The zero-order valence-corrected chi connectivity index (χ0v) is 12.8. The molecule has 1 N–H and O–H groups in total. The predicted molar refractivity (Wildman–Crippen MR) is 80.0 cm³/mol. The standard InChI is InChI=1S/C14H22N2O3S/c1-12(2)11-16(13-6-5-7-14(17)10-13)20(18,19)15-8-3-4-9-15/h5-7,10,12,17H,3-4,8-9,11H2,1-2H3. The first-order valence-electron chi connectivity index (χ1n) is 6.98. The second-order valence-electron chi connectivity index (χ2n) is 5.56. The van der Waals surface area contributed by atoms with Gasteiger partial charge in [-0.1, -0.05) is 19.9 Å². The topological polar surface area (TPSA) is 60.9 Å². The zero-order valence-electron chi connectivity index (χ0n) is 12.0. The van der Waals surface area contributed by atoms with Crippen molar-refractivity contribution < 1.29 is 13.5 Å². The summed E-state index contributed by atoms with van der Waals surface area (Å²) in [6.07, 6.45) is 1.82. The Kier molecular flexibility index (Phi) is 4.55. The molecular formula is C14H22N2O3S. The molecule has 1 aliphatic rings. The number of rotatable bonds is 5. The molecule has 20 heavy (non-hydrogen) atoms. The average Bonchev–Trinajstić information content (AvgIpc) is 2.90. The highest BCUT2D eigenvalue weighted by Gasteiger charge is 2.32. The van der Waals surface area contributed by atoms with Gasteiger partial charge in [0.2, 0.25) is 0 Å². The summed E-state index contributed by atoms with van der Waals surface area (Å²) in [5.74, 6) is 0.280. The van der Waals surface area contributed by atoms with Gasteiger partial charge >= 0.3 is 10.2 Å². The molecule has 1 heterocycles. The fourth-order valence-corrected chi connectivity index (χ4v) is 4.24. The SMILES string of the molecule is CC(C)CN(c1cccc(O)c1)S(=O)(=O)N1CCCC1. The highest BCUT2D eigenvalue weighted by atomic mass is 32.2. The molecule has 0 bridgehead atoms. The van der Waals surface area contributed by atoms with E-state index in [-0.39, 0.29) is 11.7 Å². The largest absolute Gasteiger partial charge is 0.508 e. The summed E-state index contributed by atoms with van der Waals surface area (Å²) in [7, 11) is -3.51. The molecule has 1 aromatic rings. The third kappa shape index (κ3) is 3.24. The Labute approximate surface area is 121 Å². The normalized spacial score (nSPS) is 16.8. The number of benzene rings is 1. The van der Waals surface area contributed by atoms with Crippen molar-refractivity contribution in [1.29, 1.82) is 0 Å². The fraction of sp³-hybridized carbons (Fsp3) is 0.571. The van der Waals surface area contributed by atoms with Crippen LogP contribution in [-0.2, 0) is 10.2 Å². The van der Waals surface area contributed by atoms with Crippen molar-refractivity contribution in [3.8, 4) is 5.75 Å². The molecule has 0 spiro atoms. The minimum absolute atomic E-state index is 0.0767. The lowest BCUT2D eigenvalue weighted by Gasteiger charge is -2.30. The molecule has 1 aromatic carbocycles. The Morgan fingerprint density at radius 3 is 2.50 bits per heavy atom. The van der Waals surface area contributed by atoms with Crippen LogP contribution < -0.4 is 4.31 Å². The Bertz CT molecular complexity index is 551. The summed E-state index contributed by atoms with van der Waals surface area (Å²) < 4.78 is 28.4. The molecule has 1 fully saturated rings. The van der Waals surface area contributed by atoms with Gasteiger partial charge in [-0.05, 0) is 30.9 Å². The molecule has 0 saturated carbocycles. The maximum Gasteiger partial charge on any atom is 0.304 e. The van der Waals surface area contributed by atoms with Crippen LogP contribution in [0, 0.1) is 5.92 Å². The van der Waals surface area contributed by atoms with Crippen molar-refractivity contribution in [1.82, 2.24) is 4.31 Å². The second-order valence-corrected chi connectivity index (χ2v) is 7.41. The Morgan fingerprint density at radius 1 is 1.30 bits per heavy atom. The van der Waals surface area contributed by atoms with E-state index in [9.17, 15) is 13.5 Å². The second kappa shape index (κ2) is 6.01. The number of anilines is 1. The van der Waals surface area contributed by atoms with Crippen LogP contribution in [0.25, 0.3) is 0 Å². The molecule has 0 aliphatic carbocycles. The van der Waals surface area contributed by atoms with Crippen molar-refractivity contribution in [2.75, 3.05) is 23.9 Å². The van der Waals surface area contributed by atoms with Crippen molar-refractivity contribution in [2.45, 2.75) is 26.7 Å². The maximum absolute atomic E-state index is 12.8. The first-order valence-corrected chi connectivity index (χ1v) is 8.38. The zero-order chi connectivity index (χ0) is 14.8. The van der Waals surface area contributed by atoms with E-state index in [1.807, 2.05) is 13.8 Å². The van der Waals surface area contributed by atoms with E-state index in [4.69, 9.17) is 0 Å². The smallest absolute Gasteiger partial charge is 0.304 e. The van der Waals surface area contributed by atoms with E-state index in [0.717, 1.165) is 12.8 Å². The molecule has 0 atom stereocenters. The molecule has 1 saturated heterocycles. The van der Waals surface area contributed by atoms with Crippen LogP contribution in [0.3, 0.4) is 0 Å². The van der Waals surface area contributed by atoms with E-state index >= 15 is 0 Å². The summed E-state index contributed by atoms with van der Waals surface area (Å²) >= 11 is 0. The summed E-state index contributed by atoms with van der Waals surface area (Å²) in [6.45, 7) is 5.53. The van der Waals surface area contributed by atoms with Crippen LogP contribution in [0.2, 0.25) is 0 Å². The lowest BCUT2D eigenvalue weighted by molar-refractivity contribution is 0.467. The van der Waals surface area contributed by atoms with Gasteiger partial charge in [0.15, 0.2) is 0 Å². The molecule has 0 unspecified atom stereocenters. The molecule has 2 rings (SSSR count). The van der Waals surface area contributed by atoms with Crippen LogP contribution >= 0.6 is 0 Å². The molecule has 0 radical (unpaired) electrons. The number of nitrogens with zero attached hydrogens (tertiary/aromatic N) is 2. The highest BCUT2D eigenvalue weighted by molar-refractivity contribution is 7.90. The minimum atomic E-state index is -3.51. The lowest BCUT2D eigenvalue weighted by atomic mass is 10.2. The van der Waals surface area contributed by atoms with Crippen LogP contribution in [0.15, 0.2) is 24.3 Å². The first kappa shape index (κ1) is 15.1. The van der Waals surface area contributed by atoms with E-state index in [1.54, 1.807) is 18.2 Å². The Hall–Kier alpha value is -1.27. The molecule has 6 heteroatoms. The molecule has 112 valence electrons. The van der Waals surface area contributed by atoms with E-state index in [0.29, 0.717) is 25.3 Å². The van der Waals surface area contributed by atoms with Crippen LogP contribution in [0.1, 0.15) is 26.7 Å². The van der Waals surface area contributed by atoms with Gasteiger partial charge in [0, 0.05) is 25.7 Å². The van der Waals surface area contributed by atoms with Crippen LogP contribution in [0.4, 0.5) is 5.69 Å². The van der Waals surface area contributed by atoms with E-state index < -0.39 is 10.2 Å². The number of phenols is 1. The molecule has 0 amide bonds. The van der Waals surface area contributed by atoms with Gasteiger partial charge in [0.1, 0.15) is 5.75 Å². The van der Waals surface area contributed by atoms with Crippen molar-refractivity contribution in [2.24, 2.45) is 5.92 Å². The summed E-state index contributed by atoms with van der Waals surface area (Å²) in [5, 5.41) is 9.59. The predicted octanol–water partition coefficient (Wildman–Crippen LogP) is 2.20. The quantitative estimate of drug-likeness (QED) is 0.906. The van der Waals surface area contributed by atoms with Gasteiger partial charge in [-0.15, -0.1) is 0 Å². The Morgan fingerprint density at radius 2 is 1.95 bits per heavy atom. The van der Waals surface area contributed by atoms with Gasteiger partial charge in [-0.25, -0.2) is 0 Å². The molecule has 5 nitrogen and oxygen atoms in total. The van der Waals surface area contributed by atoms with Gasteiger partial charge in [-0.2, -0.15) is 12.7 Å². The van der Waals surface area contributed by atoms with Gasteiger partial charge in [0.05, 0.1) is 5.69 Å². The number of hydrogen-bond donors (Lipinski definition) is 1. The number of hydrogen-bond acceptors (Lipinski definition) is 3. The lowest BCUT2D eigenvalue weighted by Crippen LogP contribution is -2.44. The monoisotopic (exact) mass is 298 g/mol. The molecule has 1 aliphatic heterocycles. The molecule has 0 aromatic heterocycles. The van der Waals surface area contributed by atoms with Gasteiger partial charge in [0.25, 0.3) is 0 Å². The number of aromatic hydroxyl groups is 1. The van der Waals surface area contributed by atoms with E-state index in [1.165, 1.54) is 14.7 Å². The maximum atomic E-state index is 12.8. The average molecular weight is 298 g/mol. The fourth-order valence-electron chi connectivity index (χ4n) is 2.37. The minimum Gasteiger partial charge on any atom is -0.508 e. The van der Waals surface area contributed by atoms with Crippen molar-refractivity contribution >= 4 is 15.9 Å². The summed E-state index contributed by atoms with van der Waals surface area (Å²) in [5.41, 5.74) is 0.519.